The number of hydrogen-bond donors (Lipinski definition) is 1. The van der Waals surface area contributed by atoms with Crippen molar-refractivity contribution in [3.63, 3.8) is 0 Å². The number of anilines is 1. The topological polar surface area (TPSA) is 70.1 Å². The standard InChI is InChI=1S/C22H16Cl3N3O/c23-12-8-9-13(16(25)10-12)20-14(11-26)22(27)28(17-5-2-1-4-15(17)24)18-6-3-7-19(29)21(18)20/h1-2,4-5,8-10,20H,3,6-7,27H2. The highest BCUT2D eigenvalue weighted by atomic mass is 35.5. The first kappa shape index (κ1) is 19.8. The van der Waals surface area contributed by atoms with Crippen molar-refractivity contribution in [1.82, 2.24) is 0 Å². The minimum absolute atomic E-state index is 0.0143. The molecule has 7 heteroatoms. The summed E-state index contributed by atoms with van der Waals surface area (Å²) in [6.07, 6.45) is 1.76. The second-order valence-corrected chi connectivity index (χ2v) is 8.18. The van der Waals surface area contributed by atoms with Gasteiger partial charge in [-0.3, -0.25) is 9.69 Å². The molecule has 1 unspecified atom stereocenters. The van der Waals surface area contributed by atoms with Crippen LogP contribution in [0.5, 0.6) is 0 Å². The average molecular weight is 445 g/mol. The molecule has 29 heavy (non-hydrogen) atoms. The van der Waals surface area contributed by atoms with Crippen LogP contribution in [0.2, 0.25) is 15.1 Å². The van der Waals surface area contributed by atoms with Crippen molar-refractivity contribution in [3.05, 3.63) is 85.8 Å². The summed E-state index contributed by atoms with van der Waals surface area (Å²) in [6, 6.07) is 14.5. The number of carbonyl (C=O) groups is 1. The van der Waals surface area contributed by atoms with E-state index < -0.39 is 5.92 Å². The molecule has 2 N–H and O–H groups in total. The van der Waals surface area contributed by atoms with Gasteiger partial charge in [-0.2, -0.15) is 5.26 Å². The molecule has 0 saturated carbocycles. The Morgan fingerprint density at radius 2 is 1.83 bits per heavy atom. The highest BCUT2D eigenvalue weighted by molar-refractivity contribution is 6.35. The molecule has 0 bridgehead atoms. The Kier molecular flexibility index (Phi) is 5.31. The van der Waals surface area contributed by atoms with Crippen molar-refractivity contribution in [2.75, 3.05) is 4.90 Å². The minimum Gasteiger partial charge on any atom is -0.384 e. The van der Waals surface area contributed by atoms with Gasteiger partial charge in [0, 0.05) is 27.7 Å². The highest BCUT2D eigenvalue weighted by Gasteiger charge is 2.41. The van der Waals surface area contributed by atoms with Gasteiger partial charge in [0.1, 0.15) is 5.82 Å². The predicted octanol–water partition coefficient (Wildman–Crippen LogP) is 5.95. The summed E-state index contributed by atoms with van der Waals surface area (Å²) < 4.78 is 0. The van der Waals surface area contributed by atoms with Crippen molar-refractivity contribution in [2.45, 2.75) is 25.2 Å². The zero-order valence-corrected chi connectivity index (χ0v) is 17.5. The van der Waals surface area contributed by atoms with Crippen LogP contribution in [0.1, 0.15) is 30.7 Å². The van der Waals surface area contributed by atoms with Gasteiger partial charge in [-0.25, -0.2) is 0 Å². The molecule has 0 aromatic heterocycles. The zero-order valence-electron chi connectivity index (χ0n) is 15.3. The molecule has 4 nitrogen and oxygen atoms in total. The Balaban J connectivity index is 2.01. The van der Waals surface area contributed by atoms with Crippen LogP contribution in [0.4, 0.5) is 5.69 Å². The Morgan fingerprint density at radius 1 is 1.07 bits per heavy atom. The number of allylic oxidation sites excluding steroid dienone is 3. The number of nitrogens with zero attached hydrogens (tertiary/aromatic N) is 2. The summed E-state index contributed by atoms with van der Waals surface area (Å²) in [5.41, 5.74) is 9.36. The van der Waals surface area contributed by atoms with E-state index in [-0.39, 0.29) is 17.2 Å². The van der Waals surface area contributed by atoms with E-state index in [1.165, 1.54) is 0 Å². The number of halogens is 3. The number of nitrogens with two attached hydrogens (primary N) is 1. The SMILES string of the molecule is N#CC1=C(N)N(c2ccccc2Cl)C2=C(C(=O)CCC2)C1c1ccc(Cl)cc1Cl. The number of ketones is 1. The lowest BCUT2D eigenvalue weighted by atomic mass is 9.75. The van der Waals surface area contributed by atoms with Gasteiger partial charge < -0.3 is 5.73 Å². The van der Waals surface area contributed by atoms with Gasteiger partial charge in [-0.1, -0.05) is 53.0 Å². The van der Waals surface area contributed by atoms with Crippen LogP contribution >= 0.6 is 34.8 Å². The van der Waals surface area contributed by atoms with E-state index in [0.717, 1.165) is 5.70 Å². The number of benzene rings is 2. The van der Waals surface area contributed by atoms with Gasteiger partial charge in [0.15, 0.2) is 5.78 Å². The molecular weight excluding hydrogens is 429 g/mol. The summed E-state index contributed by atoms with van der Waals surface area (Å²) in [5, 5.41) is 11.4. The van der Waals surface area contributed by atoms with Crippen molar-refractivity contribution in [3.8, 4) is 6.07 Å². The van der Waals surface area contributed by atoms with Crippen LogP contribution in [0, 0.1) is 11.3 Å². The Bertz CT molecular complexity index is 1130. The maximum Gasteiger partial charge on any atom is 0.161 e. The first-order valence-corrected chi connectivity index (χ1v) is 10.2. The normalized spacial score (nSPS) is 19.3. The number of rotatable bonds is 2. The Hall–Kier alpha value is -2.45. The third kappa shape index (κ3) is 3.30. The number of nitriles is 1. The molecule has 1 atom stereocenters. The van der Waals surface area contributed by atoms with E-state index in [1.54, 1.807) is 29.2 Å². The van der Waals surface area contributed by atoms with E-state index in [2.05, 4.69) is 6.07 Å². The van der Waals surface area contributed by atoms with Gasteiger partial charge in [-0.05, 0) is 42.7 Å². The molecule has 0 radical (unpaired) electrons. The fourth-order valence-corrected chi connectivity index (χ4v) is 4.78. The maximum atomic E-state index is 13.1. The second-order valence-electron chi connectivity index (χ2n) is 6.93. The van der Waals surface area contributed by atoms with Crippen LogP contribution in [0.15, 0.2) is 65.1 Å². The van der Waals surface area contributed by atoms with Crippen LogP contribution < -0.4 is 10.6 Å². The third-order valence-electron chi connectivity index (χ3n) is 5.28. The van der Waals surface area contributed by atoms with Gasteiger partial charge >= 0.3 is 0 Å². The summed E-state index contributed by atoms with van der Waals surface area (Å²) in [7, 11) is 0. The lowest BCUT2D eigenvalue weighted by Crippen LogP contribution is -2.38. The smallest absolute Gasteiger partial charge is 0.161 e. The molecule has 2 aliphatic rings. The van der Waals surface area contributed by atoms with Gasteiger partial charge in [-0.15, -0.1) is 0 Å². The van der Waals surface area contributed by atoms with Gasteiger partial charge in [0.25, 0.3) is 0 Å². The Morgan fingerprint density at radius 3 is 2.52 bits per heavy atom. The number of hydrogen-bond acceptors (Lipinski definition) is 4. The fraction of sp³-hybridized carbons (Fsp3) is 0.182. The molecule has 4 rings (SSSR count). The maximum absolute atomic E-state index is 13.1. The molecule has 2 aromatic rings. The molecule has 1 aliphatic carbocycles. The molecule has 146 valence electrons. The largest absolute Gasteiger partial charge is 0.384 e. The molecule has 2 aromatic carbocycles. The van der Waals surface area contributed by atoms with Crippen molar-refractivity contribution in [2.24, 2.45) is 5.73 Å². The number of carbonyl (C=O) groups excluding carboxylic acids is 1. The van der Waals surface area contributed by atoms with Gasteiger partial charge in [0.05, 0.1) is 28.3 Å². The Labute approximate surface area is 183 Å². The summed E-state index contributed by atoms with van der Waals surface area (Å²) >= 11 is 18.9. The summed E-state index contributed by atoms with van der Waals surface area (Å²) in [5.74, 6) is -0.393. The number of Topliss-reactive ketones (excluding diaryl/α,β-unsaturated/α-hetero) is 1. The first-order chi connectivity index (χ1) is 13.9. The van der Waals surface area contributed by atoms with Crippen LogP contribution in [0.25, 0.3) is 0 Å². The quantitative estimate of drug-likeness (QED) is 0.621. The third-order valence-corrected chi connectivity index (χ3v) is 6.16. The van der Waals surface area contributed by atoms with Crippen molar-refractivity contribution >= 4 is 46.3 Å². The predicted molar refractivity (Wildman–Crippen MR) is 116 cm³/mol. The van der Waals surface area contributed by atoms with Crippen molar-refractivity contribution in [1.29, 1.82) is 5.26 Å². The average Bonchev–Trinajstić information content (AvgIpc) is 2.69. The van der Waals surface area contributed by atoms with Crippen LogP contribution in [0.3, 0.4) is 0 Å². The van der Waals surface area contributed by atoms with E-state index in [9.17, 15) is 10.1 Å². The number of para-hydroxylation sites is 1. The molecular formula is C22H16Cl3N3O. The molecule has 0 fully saturated rings. The highest BCUT2D eigenvalue weighted by Crippen LogP contribution is 2.48. The minimum atomic E-state index is -0.633. The fourth-order valence-electron chi connectivity index (χ4n) is 4.04. The summed E-state index contributed by atoms with van der Waals surface area (Å²) in [6.45, 7) is 0. The lowest BCUT2D eigenvalue weighted by Gasteiger charge is -2.40. The van der Waals surface area contributed by atoms with E-state index >= 15 is 0 Å². The van der Waals surface area contributed by atoms with Crippen LogP contribution in [-0.4, -0.2) is 5.78 Å². The van der Waals surface area contributed by atoms with Gasteiger partial charge in [0.2, 0.25) is 0 Å². The molecule has 1 aliphatic heterocycles. The summed E-state index contributed by atoms with van der Waals surface area (Å²) in [4.78, 5) is 14.8. The van der Waals surface area contributed by atoms with E-state index in [0.29, 0.717) is 51.2 Å². The van der Waals surface area contributed by atoms with E-state index in [4.69, 9.17) is 40.5 Å². The molecule has 0 spiro atoms. The van der Waals surface area contributed by atoms with Crippen LogP contribution in [-0.2, 0) is 4.79 Å². The first-order valence-electron chi connectivity index (χ1n) is 9.09. The monoisotopic (exact) mass is 443 g/mol. The molecule has 0 saturated heterocycles. The molecule has 1 heterocycles. The van der Waals surface area contributed by atoms with Crippen molar-refractivity contribution < 1.29 is 4.79 Å². The zero-order chi connectivity index (χ0) is 20.7. The lowest BCUT2D eigenvalue weighted by molar-refractivity contribution is -0.116. The van der Waals surface area contributed by atoms with E-state index in [1.807, 2.05) is 18.2 Å². The molecule has 0 amide bonds. The second kappa shape index (κ2) is 7.76.